The molecule has 1 amide bonds. The lowest BCUT2D eigenvalue weighted by atomic mass is 9.86. The van der Waals surface area contributed by atoms with Crippen LogP contribution in [0.1, 0.15) is 29.4 Å². The molecule has 2 atom stereocenters. The largest absolute Gasteiger partial charge is 0.481 e. The van der Waals surface area contributed by atoms with Crippen molar-refractivity contribution in [3.63, 3.8) is 0 Å². The average molecular weight is 398 g/mol. The highest BCUT2D eigenvalue weighted by Gasteiger charge is 2.34. The van der Waals surface area contributed by atoms with E-state index in [1.54, 1.807) is 20.9 Å². The summed E-state index contributed by atoms with van der Waals surface area (Å²) in [4.78, 5) is 32.3. The lowest BCUT2D eigenvalue weighted by Gasteiger charge is -2.35. The van der Waals surface area contributed by atoms with E-state index in [4.69, 9.17) is 4.98 Å². The molecule has 3 aromatic heterocycles. The van der Waals surface area contributed by atoms with Crippen molar-refractivity contribution in [2.75, 3.05) is 13.1 Å². The first kappa shape index (κ1) is 18.6. The molecular formula is C20H22N4O3S. The Morgan fingerprint density at radius 1 is 1.36 bits per heavy atom. The summed E-state index contributed by atoms with van der Waals surface area (Å²) in [5.41, 5.74) is 2.78. The smallest absolute Gasteiger partial charge is 0.306 e. The number of carbonyl (C=O) groups excluding carboxylic acids is 1. The Morgan fingerprint density at radius 3 is 2.79 bits per heavy atom. The molecule has 0 bridgehead atoms. The second-order valence-electron chi connectivity index (χ2n) is 7.40. The molecule has 8 heteroatoms. The summed E-state index contributed by atoms with van der Waals surface area (Å²) in [6.07, 6.45) is 0.472. The normalized spacial score (nSPS) is 19.9. The van der Waals surface area contributed by atoms with Crippen molar-refractivity contribution in [3.8, 4) is 10.6 Å². The SMILES string of the molecule is Cc1nn(C)c2nc(-c3cccs3)cc(C(=O)N3CCC(C(=O)O)C(C)C3)c12. The summed E-state index contributed by atoms with van der Waals surface area (Å²) in [6, 6.07) is 5.79. The number of fused-ring (bicyclic) bond motifs is 1. The van der Waals surface area contributed by atoms with Crippen LogP contribution in [0.2, 0.25) is 0 Å². The van der Waals surface area contributed by atoms with Gasteiger partial charge in [0.15, 0.2) is 5.65 Å². The predicted molar refractivity (Wildman–Crippen MR) is 107 cm³/mol. The second-order valence-corrected chi connectivity index (χ2v) is 8.35. The fourth-order valence-electron chi connectivity index (χ4n) is 4.03. The molecule has 4 rings (SSSR count). The number of hydrogen-bond donors (Lipinski definition) is 1. The molecule has 0 saturated carbocycles. The Balaban J connectivity index is 1.77. The van der Waals surface area contributed by atoms with Crippen molar-refractivity contribution in [1.82, 2.24) is 19.7 Å². The van der Waals surface area contributed by atoms with Crippen molar-refractivity contribution in [2.45, 2.75) is 20.3 Å². The van der Waals surface area contributed by atoms with Gasteiger partial charge in [-0.15, -0.1) is 11.3 Å². The first-order valence-electron chi connectivity index (χ1n) is 9.27. The summed E-state index contributed by atoms with van der Waals surface area (Å²) in [5, 5.41) is 16.6. The zero-order chi connectivity index (χ0) is 20.0. The van der Waals surface area contributed by atoms with Crippen LogP contribution in [0.25, 0.3) is 21.6 Å². The Bertz CT molecular complexity index is 1060. The lowest BCUT2D eigenvalue weighted by Crippen LogP contribution is -2.45. The van der Waals surface area contributed by atoms with Crippen LogP contribution in [0.3, 0.4) is 0 Å². The van der Waals surface area contributed by atoms with Gasteiger partial charge in [0, 0.05) is 20.1 Å². The number of aliphatic carboxylic acids is 1. The molecule has 0 aliphatic carbocycles. The number of pyridine rings is 1. The predicted octanol–water partition coefficient (Wildman–Crippen LogP) is 3.19. The molecule has 0 aromatic carbocycles. The molecule has 7 nitrogen and oxygen atoms in total. The number of likely N-dealkylation sites (tertiary alicyclic amines) is 1. The van der Waals surface area contributed by atoms with Gasteiger partial charge in [-0.1, -0.05) is 13.0 Å². The molecule has 28 heavy (non-hydrogen) atoms. The molecule has 4 heterocycles. The molecule has 2 unspecified atom stereocenters. The lowest BCUT2D eigenvalue weighted by molar-refractivity contribution is -0.145. The van der Waals surface area contributed by atoms with E-state index in [-0.39, 0.29) is 11.8 Å². The maximum Gasteiger partial charge on any atom is 0.306 e. The monoisotopic (exact) mass is 398 g/mol. The van der Waals surface area contributed by atoms with Gasteiger partial charge in [-0.05, 0) is 36.8 Å². The van der Waals surface area contributed by atoms with Crippen molar-refractivity contribution < 1.29 is 14.7 Å². The number of carbonyl (C=O) groups is 2. The summed E-state index contributed by atoms with van der Waals surface area (Å²) in [6.45, 7) is 4.66. The van der Waals surface area contributed by atoms with E-state index < -0.39 is 11.9 Å². The van der Waals surface area contributed by atoms with E-state index in [9.17, 15) is 14.7 Å². The van der Waals surface area contributed by atoms with Gasteiger partial charge in [-0.3, -0.25) is 14.3 Å². The minimum Gasteiger partial charge on any atom is -0.481 e. The van der Waals surface area contributed by atoms with Crippen LogP contribution in [0.15, 0.2) is 23.6 Å². The van der Waals surface area contributed by atoms with E-state index in [1.807, 2.05) is 44.5 Å². The van der Waals surface area contributed by atoms with E-state index in [1.165, 1.54) is 0 Å². The summed E-state index contributed by atoms with van der Waals surface area (Å²) in [5.74, 6) is -1.35. The second kappa shape index (κ2) is 7.01. The van der Waals surface area contributed by atoms with Gasteiger partial charge < -0.3 is 10.0 Å². The number of aromatic nitrogens is 3. The highest BCUT2D eigenvalue weighted by atomic mass is 32.1. The third-order valence-corrected chi connectivity index (χ3v) is 6.37. The fourth-order valence-corrected chi connectivity index (χ4v) is 4.72. The van der Waals surface area contributed by atoms with Crippen LogP contribution in [0, 0.1) is 18.8 Å². The van der Waals surface area contributed by atoms with E-state index in [0.717, 1.165) is 21.7 Å². The van der Waals surface area contributed by atoms with Crippen molar-refractivity contribution in [1.29, 1.82) is 0 Å². The van der Waals surface area contributed by atoms with Crippen LogP contribution in [-0.2, 0) is 11.8 Å². The van der Waals surface area contributed by atoms with Gasteiger partial charge in [0.1, 0.15) is 0 Å². The molecule has 0 spiro atoms. The number of nitrogens with zero attached hydrogens (tertiary/aromatic N) is 4. The average Bonchev–Trinajstić information content (AvgIpc) is 3.29. The van der Waals surface area contributed by atoms with Gasteiger partial charge >= 0.3 is 5.97 Å². The van der Waals surface area contributed by atoms with Crippen molar-refractivity contribution in [3.05, 3.63) is 34.8 Å². The first-order chi connectivity index (χ1) is 13.4. The third kappa shape index (κ3) is 3.07. The Labute approximate surface area is 166 Å². The number of aryl methyl sites for hydroxylation is 2. The number of amides is 1. The Hall–Kier alpha value is -2.74. The number of thiophene rings is 1. The Kier molecular flexibility index (Phi) is 4.66. The van der Waals surface area contributed by atoms with E-state index in [2.05, 4.69) is 5.10 Å². The molecule has 1 aliphatic heterocycles. The van der Waals surface area contributed by atoms with Gasteiger partial charge in [0.2, 0.25) is 0 Å². The molecule has 3 aromatic rings. The zero-order valence-corrected chi connectivity index (χ0v) is 16.9. The summed E-state index contributed by atoms with van der Waals surface area (Å²) in [7, 11) is 1.83. The molecule has 1 saturated heterocycles. The van der Waals surface area contributed by atoms with Gasteiger partial charge in [0.05, 0.1) is 33.1 Å². The first-order valence-corrected chi connectivity index (χ1v) is 10.1. The topological polar surface area (TPSA) is 88.3 Å². The molecule has 1 aliphatic rings. The summed E-state index contributed by atoms with van der Waals surface area (Å²) >= 11 is 1.57. The van der Waals surface area contributed by atoms with Gasteiger partial charge in [0.25, 0.3) is 5.91 Å². The molecule has 146 valence electrons. The molecular weight excluding hydrogens is 376 g/mol. The van der Waals surface area contributed by atoms with Gasteiger partial charge in [-0.25, -0.2) is 4.98 Å². The van der Waals surface area contributed by atoms with Crippen molar-refractivity contribution >= 4 is 34.2 Å². The quantitative estimate of drug-likeness (QED) is 0.732. The number of rotatable bonds is 3. The zero-order valence-electron chi connectivity index (χ0n) is 16.0. The molecule has 1 N–H and O–H groups in total. The fraction of sp³-hybridized carbons (Fsp3) is 0.400. The Morgan fingerprint density at radius 2 is 2.14 bits per heavy atom. The molecule has 0 radical (unpaired) electrons. The molecule has 1 fully saturated rings. The highest BCUT2D eigenvalue weighted by molar-refractivity contribution is 7.13. The highest BCUT2D eigenvalue weighted by Crippen LogP contribution is 2.31. The number of carboxylic acid groups (broad SMARTS) is 1. The van der Waals surface area contributed by atoms with Crippen molar-refractivity contribution in [2.24, 2.45) is 18.9 Å². The van der Waals surface area contributed by atoms with E-state index >= 15 is 0 Å². The number of piperidine rings is 1. The minimum atomic E-state index is -0.783. The van der Waals surface area contributed by atoms with Crippen LogP contribution >= 0.6 is 11.3 Å². The third-order valence-electron chi connectivity index (χ3n) is 5.48. The van der Waals surface area contributed by atoms with E-state index in [0.29, 0.717) is 30.7 Å². The van der Waals surface area contributed by atoms with Crippen LogP contribution in [0.4, 0.5) is 0 Å². The number of carboxylic acids is 1. The maximum atomic E-state index is 13.4. The number of hydrogen-bond acceptors (Lipinski definition) is 5. The maximum absolute atomic E-state index is 13.4. The van der Waals surface area contributed by atoms with Gasteiger partial charge in [-0.2, -0.15) is 5.10 Å². The van der Waals surface area contributed by atoms with Crippen LogP contribution in [0.5, 0.6) is 0 Å². The summed E-state index contributed by atoms with van der Waals surface area (Å²) < 4.78 is 1.71. The van der Waals surface area contributed by atoms with Crippen LogP contribution < -0.4 is 0 Å². The van der Waals surface area contributed by atoms with Crippen LogP contribution in [-0.4, -0.2) is 49.7 Å². The standard InChI is InChI=1S/C20H22N4O3S/c1-11-10-24(7-6-13(11)20(26)27)19(25)14-9-15(16-5-4-8-28-16)21-18-17(14)12(2)22-23(18)3/h4-5,8-9,11,13H,6-7,10H2,1-3H3,(H,26,27). The minimum absolute atomic E-state index is 0.0840.